The average molecular weight is 489 g/mol. The smallest absolute Gasteiger partial charge is 0.328 e. The zero-order valence-electron chi connectivity index (χ0n) is 19.1. The Hall–Kier alpha value is -3.36. The van der Waals surface area contributed by atoms with Crippen LogP contribution in [-0.4, -0.2) is 34.8 Å². The molecule has 186 valence electrons. The van der Waals surface area contributed by atoms with Gasteiger partial charge in [-0.1, -0.05) is 43.2 Å². The van der Waals surface area contributed by atoms with Gasteiger partial charge in [0.25, 0.3) is 0 Å². The molecule has 6 nitrogen and oxygen atoms in total. The number of rotatable bonds is 10. The Balaban J connectivity index is 1.37. The normalized spacial score (nSPS) is 18.4. The van der Waals surface area contributed by atoms with Crippen molar-refractivity contribution in [3.63, 3.8) is 0 Å². The number of likely N-dealkylation sites (tertiary alicyclic amines) is 1. The molecule has 0 radical (unpaired) electrons. The van der Waals surface area contributed by atoms with E-state index < -0.39 is 41.4 Å². The molecule has 0 unspecified atom stereocenters. The topological polar surface area (TPSA) is 75.7 Å². The number of amides is 2. The Labute approximate surface area is 201 Å². The molecule has 2 fully saturated rings. The molecule has 2 amide bonds. The van der Waals surface area contributed by atoms with E-state index in [2.05, 4.69) is 5.32 Å². The van der Waals surface area contributed by atoms with Gasteiger partial charge in [0.1, 0.15) is 18.5 Å². The Morgan fingerprint density at radius 3 is 2.54 bits per heavy atom. The highest BCUT2D eigenvalue weighted by Gasteiger charge is 2.35. The lowest BCUT2D eigenvalue weighted by Crippen LogP contribution is -2.44. The Bertz CT molecular complexity index is 1090. The fourth-order valence-corrected chi connectivity index (χ4v) is 4.33. The van der Waals surface area contributed by atoms with Crippen molar-refractivity contribution in [2.45, 2.75) is 63.8 Å². The summed E-state index contributed by atoms with van der Waals surface area (Å²) in [5.74, 6) is -4.45. The fourth-order valence-electron chi connectivity index (χ4n) is 4.33. The standard InChI is InChI=1S/C26H27F3N2O4/c27-19-11-18(25(29)21(28)12-19)14-31-20(8-9-24(31)33)13-23(32)30-22(10-16-6-7-16)26(34)35-15-17-4-2-1-3-5-17/h1-5,11-12,16,20,22H,6-10,13-15H2,(H,30,32)/t20-,22-/m0/s1. The van der Waals surface area contributed by atoms with Crippen molar-refractivity contribution in [3.05, 3.63) is 71.0 Å². The number of carbonyl (C=O) groups excluding carboxylic acids is 3. The molecule has 35 heavy (non-hydrogen) atoms. The van der Waals surface area contributed by atoms with Crippen LogP contribution in [0.2, 0.25) is 0 Å². The first-order valence-electron chi connectivity index (χ1n) is 11.7. The highest BCUT2D eigenvalue weighted by Crippen LogP contribution is 2.34. The lowest BCUT2D eigenvalue weighted by Gasteiger charge is -2.26. The molecule has 1 aliphatic carbocycles. The minimum atomic E-state index is -1.34. The van der Waals surface area contributed by atoms with Gasteiger partial charge in [-0.3, -0.25) is 9.59 Å². The van der Waals surface area contributed by atoms with Crippen LogP contribution >= 0.6 is 0 Å². The minimum Gasteiger partial charge on any atom is -0.459 e. The average Bonchev–Trinajstić information content (AvgIpc) is 3.59. The number of benzene rings is 2. The van der Waals surface area contributed by atoms with Gasteiger partial charge < -0.3 is 15.0 Å². The molecule has 2 aliphatic rings. The number of halogens is 3. The predicted molar refractivity (Wildman–Crippen MR) is 120 cm³/mol. The van der Waals surface area contributed by atoms with Crippen molar-refractivity contribution in [1.29, 1.82) is 0 Å². The second-order valence-corrected chi connectivity index (χ2v) is 9.17. The third-order valence-electron chi connectivity index (χ3n) is 6.39. The van der Waals surface area contributed by atoms with Gasteiger partial charge in [0.2, 0.25) is 11.8 Å². The van der Waals surface area contributed by atoms with Crippen LogP contribution in [0.25, 0.3) is 0 Å². The predicted octanol–water partition coefficient (Wildman–Crippen LogP) is 4.01. The summed E-state index contributed by atoms with van der Waals surface area (Å²) in [5, 5.41) is 2.73. The van der Waals surface area contributed by atoms with Gasteiger partial charge in [-0.15, -0.1) is 0 Å². The SMILES string of the molecule is O=C(C[C@@H]1CCC(=O)N1Cc1cc(F)cc(F)c1F)N[C@@H](CC1CC1)C(=O)OCc1ccccc1. The highest BCUT2D eigenvalue weighted by atomic mass is 19.2. The van der Waals surface area contributed by atoms with Crippen molar-refractivity contribution in [2.75, 3.05) is 0 Å². The molecule has 1 saturated carbocycles. The van der Waals surface area contributed by atoms with Crippen molar-refractivity contribution in [3.8, 4) is 0 Å². The summed E-state index contributed by atoms with van der Waals surface area (Å²) >= 11 is 0. The molecule has 0 bridgehead atoms. The van der Waals surface area contributed by atoms with Crippen LogP contribution in [0.1, 0.15) is 49.7 Å². The largest absolute Gasteiger partial charge is 0.459 e. The summed E-state index contributed by atoms with van der Waals surface area (Å²) in [4.78, 5) is 39.1. The number of esters is 1. The molecule has 0 spiro atoms. The minimum absolute atomic E-state index is 0.0946. The van der Waals surface area contributed by atoms with E-state index in [0.717, 1.165) is 24.5 Å². The van der Waals surface area contributed by atoms with Gasteiger partial charge in [0.05, 0.1) is 0 Å². The summed E-state index contributed by atoms with van der Waals surface area (Å²) in [6.45, 7) is -0.251. The van der Waals surface area contributed by atoms with E-state index in [4.69, 9.17) is 4.74 Å². The molecule has 4 rings (SSSR count). The summed E-state index contributed by atoms with van der Waals surface area (Å²) in [6.07, 6.45) is 2.82. The van der Waals surface area contributed by atoms with E-state index >= 15 is 0 Å². The first-order valence-corrected chi connectivity index (χ1v) is 11.7. The van der Waals surface area contributed by atoms with Crippen LogP contribution < -0.4 is 5.32 Å². The molecule has 1 saturated heterocycles. The number of hydrogen-bond acceptors (Lipinski definition) is 4. The third kappa shape index (κ3) is 6.61. The van der Waals surface area contributed by atoms with Crippen molar-refractivity contribution >= 4 is 17.8 Å². The maximum Gasteiger partial charge on any atom is 0.328 e. The van der Waals surface area contributed by atoms with E-state index in [-0.39, 0.29) is 37.5 Å². The molecule has 2 aromatic rings. The second kappa shape index (κ2) is 10.9. The van der Waals surface area contributed by atoms with E-state index in [0.29, 0.717) is 24.8 Å². The molecular weight excluding hydrogens is 461 g/mol. The molecule has 9 heteroatoms. The number of carbonyl (C=O) groups is 3. The van der Waals surface area contributed by atoms with Crippen molar-refractivity contribution < 1.29 is 32.3 Å². The molecule has 2 atom stereocenters. The maximum absolute atomic E-state index is 14.1. The van der Waals surface area contributed by atoms with E-state index in [9.17, 15) is 27.6 Å². The molecule has 0 aromatic heterocycles. The molecule has 1 aliphatic heterocycles. The van der Waals surface area contributed by atoms with Gasteiger partial charge in [-0.2, -0.15) is 0 Å². The summed E-state index contributed by atoms with van der Waals surface area (Å²) in [6, 6.07) is 9.10. The van der Waals surface area contributed by atoms with Crippen molar-refractivity contribution in [1.82, 2.24) is 10.2 Å². The fraction of sp³-hybridized carbons (Fsp3) is 0.423. The van der Waals surface area contributed by atoms with Gasteiger partial charge in [0, 0.05) is 37.1 Å². The third-order valence-corrected chi connectivity index (χ3v) is 6.39. The lowest BCUT2D eigenvalue weighted by atomic mass is 10.1. The summed E-state index contributed by atoms with van der Waals surface area (Å²) in [7, 11) is 0. The summed E-state index contributed by atoms with van der Waals surface area (Å²) < 4.78 is 46.7. The zero-order chi connectivity index (χ0) is 24.9. The van der Waals surface area contributed by atoms with Crippen LogP contribution in [0.5, 0.6) is 0 Å². The maximum atomic E-state index is 14.1. The Morgan fingerprint density at radius 1 is 1.09 bits per heavy atom. The molecule has 2 aromatic carbocycles. The first kappa shape index (κ1) is 24.8. The zero-order valence-corrected chi connectivity index (χ0v) is 19.1. The van der Waals surface area contributed by atoms with Crippen molar-refractivity contribution in [2.24, 2.45) is 5.92 Å². The Morgan fingerprint density at radius 2 is 1.83 bits per heavy atom. The first-order chi connectivity index (χ1) is 16.8. The van der Waals surface area contributed by atoms with E-state index in [1.807, 2.05) is 30.3 Å². The quantitative estimate of drug-likeness (QED) is 0.405. The monoisotopic (exact) mass is 488 g/mol. The second-order valence-electron chi connectivity index (χ2n) is 9.17. The highest BCUT2D eigenvalue weighted by molar-refractivity contribution is 5.86. The van der Waals surface area contributed by atoms with Crippen LogP contribution in [0.15, 0.2) is 42.5 Å². The van der Waals surface area contributed by atoms with Crippen LogP contribution in [0.4, 0.5) is 13.2 Å². The number of nitrogens with zero attached hydrogens (tertiary/aromatic N) is 1. The Kier molecular flexibility index (Phi) is 7.73. The van der Waals surface area contributed by atoms with Crippen LogP contribution in [0.3, 0.4) is 0 Å². The number of ether oxygens (including phenoxy) is 1. The van der Waals surface area contributed by atoms with Crippen LogP contribution in [-0.2, 0) is 32.3 Å². The van der Waals surface area contributed by atoms with Gasteiger partial charge >= 0.3 is 5.97 Å². The molecule has 1 heterocycles. The van der Waals surface area contributed by atoms with Crippen LogP contribution in [0, 0.1) is 23.4 Å². The number of hydrogen-bond donors (Lipinski definition) is 1. The van der Waals surface area contributed by atoms with Gasteiger partial charge in [0.15, 0.2) is 11.6 Å². The molecular formula is C26H27F3N2O4. The van der Waals surface area contributed by atoms with E-state index in [1.54, 1.807) is 0 Å². The lowest BCUT2D eigenvalue weighted by molar-refractivity contribution is -0.149. The van der Waals surface area contributed by atoms with Gasteiger partial charge in [-0.25, -0.2) is 18.0 Å². The summed E-state index contributed by atoms with van der Waals surface area (Å²) in [5.41, 5.74) is 0.540. The van der Waals surface area contributed by atoms with E-state index in [1.165, 1.54) is 4.90 Å². The number of nitrogens with one attached hydrogen (secondary N) is 1. The van der Waals surface area contributed by atoms with Gasteiger partial charge in [-0.05, 0) is 30.4 Å². The molecule has 1 N–H and O–H groups in total.